The number of halogens is 2. The summed E-state index contributed by atoms with van der Waals surface area (Å²) in [6.07, 6.45) is 1.45. The molecule has 3 aromatic rings. The van der Waals surface area contributed by atoms with Crippen LogP contribution in [0.5, 0.6) is 11.5 Å². The number of nitrogens with one attached hydrogen (secondary N) is 2. The molecular weight excluding hydrogens is 427 g/mol. The lowest BCUT2D eigenvalue weighted by atomic mass is 10.1. The Morgan fingerprint density at radius 3 is 2.57 bits per heavy atom. The summed E-state index contributed by atoms with van der Waals surface area (Å²) in [6.45, 7) is 3.64. The molecule has 0 aliphatic rings. The molecule has 2 N–H and O–H groups in total. The van der Waals surface area contributed by atoms with Gasteiger partial charge in [0.15, 0.2) is 0 Å². The van der Waals surface area contributed by atoms with E-state index in [1.165, 1.54) is 20.2 Å². The molecule has 0 aliphatic heterocycles. The van der Waals surface area contributed by atoms with Crippen molar-refractivity contribution >= 4 is 57.1 Å². The van der Waals surface area contributed by atoms with E-state index in [1.54, 1.807) is 24.3 Å². The van der Waals surface area contributed by atoms with Gasteiger partial charge in [-0.15, -0.1) is 0 Å². The third kappa shape index (κ3) is 4.35. The molecule has 0 aliphatic carbocycles. The Balaban J connectivity index is 2.21. The lowest BCUT2D eigenvalue weighted by molar-refractivity contribution is -0.114. The molecule has 0 spiro atoms. The molecule has 0 atom stereocenters. The minimum absolute atomic E-state index is 0.234. The fourth-order valence-electron chi connectivity index (χ4n) is 2.92. The third-order valence-corrected chi connectivity index (χ3v) is 4.81. The Bertz CT molecular complexity index is 1180. The lowest BCUT2D eigenvalue weighted by Crippen LogP contribution is -2.08. The van der Waals surface area contributed by atoms with Gasteiger partial charge in [-0.1, -0.05) is 23.2 Å². The number of rotatable bonds is 6. The number of carbonyl (C=O) groups is 1. The third-order valence-electron chi connectivity index (χ3n) is 4.20. The Hall–Kier alpha value is -3.21. The highest BCUT2D eigenvalue weighted by molar-refractivity contribution is 6.37. The molecule has 0 fully saturated rings. The van der Waals surface area contributed by atoms with Crippen LogP contribution in [0.25, 0.3) is 10.9 Å². The van der Waals surface area contributed by atoms with Crippen molar-refractivity contribution in [3.63, 3.8) is 0 Å². The van der Waals surface area contributed by atoms with Crippen LogP contribution >= 0.6 is 23.2 Å². The predicted molar refractivity (Wildman–Crippen MR) is 118 cm³/mol. The fourth-order valence-corrected chi connectivity index (χ4v) is 3.42. The van der Waals surface area contributed by atoms with E-state index >= 15 is 0 Å². The molecule has 154 valence electrons. The average Bonchev–Trinajstić information content (AvgIpc) is 2.70. The maximum absolute atomic E-state index is 11.6. The minimum atomic E-state index is -0.234. The first-order chi connectivity index (χ1) is 14.4. The van der Waals surface area contributed by atoms with Gasteiger partial charge in [-0.25, -0.2) is 0 Å². The first-order valence-electron chi connectivity index (χ1n) is 8.95. The number of pyridine rings is 1. The number of aromatic nitrogens is 1. The monoisotopic (exact) mass is 444 g/mol. The maximum Gasteiger partial charge on any atom is 0.221 e. The van der Waals surface area contributed by atoms with Crippen molar-refractivity contribution in [2.75, 3.05) is 24.4 Å². The number of fused-ring (bicyclic) bond motifs is 1. The van der Waals surface area contributed by atoms with Gasteiger partial charge in [-0.2, -0.15) is 5.26 Å². The van der Waals surface area contributed by atoms with Crippen LogP contribution in [0.3, 0.4) is 0 Å². The number of benzene rings is 2. The number of nitrogens with zero attached hydrogens (tertiary/aromatic N) is 2. The Morgan fingerprint density at radius 1 is 1.17 bits per heavy atom. The SMILES string of the molecule is CCOc1cc2c(Nc3cc(OC)c(Cl)cc3Cl)c(C#N)cnc2cc1NC(C)=O. The van der Waals surface area contributed by atoms with Gasteiger partial charge in [0.05, 0.1) is 51.9 Å². The fraction of sp³-hybridized carbons (Fsp3) is 0.190. The highest BCUT2D eigenvalue weighted by Crippen LogP contribution is 2.39. The average molecular weight is 445 g/mol. The van der Waals surface area contributed by atoms with E-state index in [0.717, 1.165) is 0 Å². The summed E-state index contributed by atoms with van der Waals surface area (Å²) < 4.78 is 10.9. The standard InChI is InChI=1S/C21H18Cl2N4O3/c1-4-30-20-5-13-16(7-18(20)26-11(2)28)25-10-12(9-24)21(13)27-17-8-19(29-3)15(23)6-14(17)22/h5-8,10H,4H2,1-3H3,(H,25,27)(H,26,28). The normalized spacial score (nSPS) is 10.4. The van der Waals surface area contributed by atoms with E-state index in [4.69, 9.17) is 32.7 Å². The van der Waals surface area contributed by atoms with Crippen molar-refractivity contribution in [1.29, 1.82) is 5.26 Å². The van der Waals surface area contributed by atoms with Gasteiger partial charge in [0.25, 0.3) is 0 Å². The molecule has 0 radical (unpaired) electrons. The van der Waals surface area contributed by atoms with Crippen molar-refractivity contribution in [2.24, 2.45) is 0 Å². The van der Waals surface area contributed by atoms with Crippen molar-refractivity contribution in [1.82, 2.24) is 4.98 Å². The van der Waals surface area contributed by atoms with Gasteiger partial charge in [0, 0.05) is 24.6 Å². The zero-order valence-electron chi connectivity index (χ0n) is 16.5. The van der Waals surface area contributed by atoms with Crippen LogP contribution in [-0.4, -0.2) is 24.6 Å². The zero-order valence-corrected chi connectivity index (χ0v) is 18.0. The number of carbonyl (C=O) groups excluding carboxylic acids is 1. The lowest BCUT2D eigenvalue weighted by Gasteiger charge is -2.17. The van der Waals surface area contributed by atoms with Crippen LogP contribution in [0.1, 0.15) is 19.4 Å². The van der Waals surface area contributed by atoms with Crippen molar-refractivity contribution in [3.8, 4) is 17.6 Å². The van der Waals surface area contributed by atoms with E-state index in [9.17, 15) is 10.1 Å². The number of nitriles is 1. The smallest absolute Gasteiger partial charge is 0.221 e. The molecule has 0 saturated carbocycles. The van der Waals surface area contributed by atoms with Crippen LogP contribution in [0.15, 0.2) is 30.5 Å². The number of hydrogen-bond acceptors (Lipinski definition) is 6. The van der Waals surface area contributed by atoms with Gasteiger partial charge in [-0.05, 0) is 25.1 Å². The second-order valence-electron chi connectivity index (χ2n) is 6.23. The van der Waals surface area contributed by atoms with Crippen LogP contribution in [0.4, 0.5) is 17.1 Å². The Kier molecular flexibility index (Phi) is 6.50. The maximum atomic E-state index is 11.6. The summed E-state index contributed by atoms with van der Waals surface area (Å²) in [6, 6.07) is 8.75. The number of methoxy groups -OCH3 is 1. The molecule has 7 nitrogen and oxygen atoms in total. The zero-order chi connectivity index (χ0) is 21.8. The largest absolute Gasteiger partial charge is 0.495 e. The van der Waals surface area contributed by atoms with Gasteiger partial charge in [-0.3, -0.25) is 9.78 Å². The number of hydrogen-bond donors (Lipinski definition) is 2. The molecule has 2 aromatic carbocycles. The first-order valence-corrected chi connectivity index (χ1v) is 9.70. The number of anilines is 3. The highest BCUT2D eigenvalue weighted by Gasteiger charge is 2.16. The van der Waals surface area contributed by atoms with Crippen LogP contribution in [-0.2, 0) is 4.79 Å². The van der Waals surface area contributed by atoms with Crippen molar-refractivity contribution < 1.29 is 14.3 Å². The van der Waals surface area contributed by atoms with E-state index < -0.39 is 0 Å². The van der Waals surface area contributed by atoms with E-state index in [1.807, 2.05) is 6.92 Å². The van der Waals surface area contributed by atoms with Gasteiger partial charge < -0.3 is 20.1 Å². The van der Waals surface area contributed by atoms with Crippen LogP contribution in [0, 0.1) is 11.3 Å². The molecule has 1 heterocycles. The molecule has 1 aromatic heterocycles. The minimum Gasteiger partial charge on any atom is -0.495 e. The summed E-state index contributed by atoms with van der Waals surface area (Å²) in [4.78, 5) is 15.9. The topological polar surface area (TPSA) is 96.3 Å². The van der Waals surface area contributed by atoms with Crippen molar-refractivity contribution in [2.45, 2.75) is 13.8 Å². The molecule has 0 saturated heterocycles. The van der Waals surface area contributed by atoms with Gasteiger partial charge in [0.2, 0.25) is 5.91 Å². The quantitative estimate of drug-likeness (QED) is 0.519. The van der Waals surface area contributed by atoms with E-state index in [2.05, 4.69) is 21.7 Å². The van der Waals surface area contributed by atoms with E-state index in [0.29, 0.717) is 61.7 Å². The Morgan fingerprint density at radius 2 is 1.93 bits per heavy atom. The summed E-state index contributed by atoms with van der Waals surface area (Å²) in [7, 11) is 1.50. The molecule has 0 unspecified atom stereocenters. The predicted octanol–water partition coefficient (Wildman–Crippen LogP) is 5.52. The molecule has 3 rings (SSSR count). The van der Waals surface area contributed by atoms with Gasteiger partial charge >= 0.3 is 0 Å². The number of ether oxygens (including phenoxy) is 2. The summed E-state index contributed by atoms with van der Waals surface area (Å²) in [5, 5.41) is 16.9. The first kappa shape index (κ1) is 21.5. The van der Waals surface area contributed by atoms with Crippen LogP contribution < -0.4 is 20.1 Å². The molecule has 9 heteroatoms. The summed E-state index contributed by atoms with van der Waals surface area (Å²) in [5.74, 6) is 0.658. The molecule has 0 bridgehead atoms. The Labute approximate surface area is 183 Å². The van der Waals surface area contributed by atoms with Gasteiger partial charge in [0.1, 0.15) is 17.6 Å². The summed E-state index contributed by atoms with van der Waals surface area (Å²) in [5.41, 5.74) is 2.35. The second kappa shape index (κ2) is 9.08. The molecular formula is C21H18Cl2N4O3. The number of amides is 1. The van der Waals surface area contributed by atoms with Crippen molar-refractivity contribution in [3.05, 3.63) is 46.1 Å². The molecule has 30 heavy (non-hydrogen) atoms. The van der Waals surface area contributed by atoms with Crippen LogP contribution in [0.2, 0.25) is 10.0 Å². The highest BCUT2D eigenvalue weighted by atomic mass is 35.5. The second-order valence-corrected chi connectivity index (χ2v) is 7.04. The summed E-state index contributed by atoms with van der Waals surface area (Å²) >= 11 is 12.5. The molecule has 1 amide bonds. The van der Waals surface area contributed by atoms with E-state index in [-0.39, 0.29) is 5.91 Å².